The highest BCUT2D eigenvalue weighted by Crippen LogP contribution is 2.38. The smallest absolute Gasteiger partial charge is 0.271 e. The van der Waals surface area contributed by atoms with Gasteiger partial charge in [-0.2, -0.15) is 0 Å². The van der Waals surface area contributed by atoms with E-state index in [0.29, 0.717) is 41.4 Å². The topological polar surface area (TPSA) is 65.1 Å². The van der Waals surface area contributed by atoms with Crippen LogP contribution in [0.2, 0.25) is 0 Å². The number of halogens is 1. The Morgan fingerprint density at radius 1 is 1.16 bits per heavy atom. The van der Waals surface area contributed by atoms with Gasteiger partial charge in [0.15, 0.2) is 11.5 Å². The Bertz CT molecular complexity index is 729. The summed E-state index contributed by atoms with van der Waals surface area (Å²) < 4.78 is 15.9. The van der Waals surface area contributed by atoms with Crippen molar-refractivity contribution in [1.82, 2.24) is 4.90 Å². The van der Waals surface area contributed by atoms with Crippen LogP contribution in [-0.2, 0) is 9.59 Å². The number of benzene rings is 1. The van der Waals surface area contributed by atoms with Crippen LogP contribution in [0.3, 0.4) is 0 Å². The molecule has 25 heavy (non-hydrogen) atoms. The molecule has 0 bridgehead atoms. The number of imide groups is 1. The molecule has 7 heteroatoms. The van der Waals surface area contributed by atoms with Crippen molar-refractivity contribution in [3.63, 3.8) is 0 Å². The average molecular weight is 366 g/mol. The van der Waals surface area contributed by atoms with Crippen LogP contribution in [0.25, 0.3) is 6.08 Å². The lowest BCUT2D eigenvalue weighted by atomic mass is 10.1. The number of ether oxygens (including phenoxy) is 3. The molecule has 0 radical (unpaired) electrons. The number of carbonyl (C=O) groups is 2. The molecule has 6 nitrogen and oxygen atoms in total. The van der Waals surface area contributed by atoms with E-state index in [1.165, 1.54) is 21.3 Å². The van der Waals surface area contributed by atoms with Gasteiger partial charge in [-0.3, -0.25) is 14.5 Å². The molecule has 0 N–H and O–H groups in total. The van der Waals surface area contributed by atoms with Crippen molar-refractivity contribution in [1.29, 1.82) is 0 Å². The van der Waals surface area contributed by atoms with Gasteiger partial charge in [0, 0.05) is 12.1 Å². The molecule has 1 heterocycles. The minimum atomic E-state index is -0.476. The predicted octanol–water partition coefficient (Wildman–Crippen LogP) is 3.00. The van der Waals surface area contributed by atoms with Crippen molar-refractivity contribution < 1.29 is 23.8 Å². The second-order valence-corrected chi connectivity index (χ2v) is 5.80. The van der Waals surface area contributed by atoms with Gasteiger partial charge in [0.25, 0.3) is 11.8 Å². The predicted molar refractivity (Wildman–Crippen MR) is 95.0 cm³/mol. The molecule has 134 valence electrons. The third kappa shape index (κ3) is 3.96. The summed E-state index contributed by atoms with van der Waals surface area (Å²) in [6.45, 7) is 1.96. The van der Waals surface area contributed by atoms with Crippen LogP contribution in [0.5, 0.6) is 17.2 Å². The standard InChI is InChI=1S/C18H20ClNO5/c1-11(17(21)20-7-5-6-13(19)18(20)22)8-12-9-14(23-2)16(25-4)15(10-12)24-3/h6,8-10H,5,7H2,1-4H3/b11-8+. The molecule has 0 aliphatic carbocycles. The van der Waals surface area contributed by atoms with Crippen molar-refractivity contribution in [2.75, 3.05) is 27.9 Å². The zero-order valence-corrected chi connectivity index (χ0v) is 15.3. The molecule has 0 fully saturated rings. The molecule has 2 rings (SSSR count). The summed E-state index contributed by atoms with van der Waals surface area (Å²) in [5.74, 6) is 0.566. The SMILES string of the molecule is COc1cc(/C=C(\C)C(=O)N2CCC=C(Cl)C2=O)cc(OC)c1OC. The van der Waals surface area contributed by atoms with Gasteiger partial charge >= 0.3 is 0 Å². The first-order chi connectivity index (χ1) is 11.9. The molecular formula is C18H20ClNO5. The van der Waals surface area contributed by atoms with Crippen LogP contribution in [0.15, 0.2) is 28.8 Å². The Hall–Kier alpha value is -2.47. The Labute approximate surface area is 151 Å². The summed E-state index contributed by atoms with van der Waals surface area (Å²) in [4.78, 5) is 25.7. The van der Waals surface area contributed by atoms with E-state index < -0.39 is 5.91 Å². The van der Waals surface area contributed by atoms with E-state index in [2.05, 4.69) is 0 Å². The molecular weight excluding hydrogens is 346 g/mol. The van der Waals surface area contributed by atoms with Crippen molar-refractivity contribution in [3.8, 4) is 17.2 Å². The normalized spacial score (nSPS) is 14.9. The first-order valence-corrected chi connectivity index (χ1v) is 8.00. The monoisotopic (exact) mass is 365 g/mol. The summed E-state index contributed by atoms with van der Waals surface area (Å²) in [6, 6.07) is 3.45. The number of amides is 2. The molecule has 1 aliphatic rings. The molecule has 0 saturated heterocycles. The number of hydrogen-bond acceptors (Lipinski definition) is 5. The van der Waals surface area contributed by atoms with Gasteiger partial charge in [0.05, 0.1) is 21.3 Å². The minimum Gasteiger partial charge on any atom is -0.493 e. The van der Waals surface area contributed by atoms with Gasteiger partial charge in [0.2, 0.25) is 5.75 Å². The minimum absolute atomic E-state index is 0.0696. The summed E-state index contributed by atoms with van der Waals surface area (Å²) in [5, 5.41) is 0.0696. The van der Waals surface area contributed by atoms with E-state index >= 15 is 0 Å². The number of methoxy groups -OCH3 is 3. The zero-order chi connectivity index (χ0) is 18.6. The molecule has 0 atom stereocenters. The third-order valence-corrected chi connectivity index (χ3v) is 4.09. The summed E-state index contributed by atoms with van der Waals surface area (Å²) >= 11 is 5.83. The van der Waals surface area contributed by atoms with E-state index in [0.717, 1.165) is 4.90 Å². The van der Waals surface area contributed by atoms with Crippen LogP contribution in [0.1, 0.15) is 18.9 Å². The van der Waals surface area contributed by atoms with E-state index in [-0.39, 0.29) is 10.9 Å². The van der Waals surface area contributed by atoms with Gasteiger partial charge in [-0.25, -0.2) is 0 Å². The molecule has 0 aromatic heterocycles. The molecule has 0 unspecified atom stereocenters. The molecule has 1 aliphatic heterocycles. The third-order valence-electron chi connectivity index (χ3n) is 3.78. The number of carbonyl (C=O) groups excluding carboxylic acids is 2. The van der Waals surface area contributed by atoms with Gasteiger partial charge in [-0.15, -0.1) is 0 Å². The maximum absolute atomic E-state index is 12.6. The highest BCUT2D eigenvalue weighted by atomic mass is 35.5. The lowest BCUT2D eigenvalue weighted by Crippen LogP contribution is -2.40. The van der Waals surface area contributed by atoms with Crippen molar-refractivity contribution in [2.45, 2.75) is 13.3 Å². The quantitative estimate of drug-likeness (QED) is 0.750. The fraction of sp³-hybridized carbons (Fsp3) is 0.333. The molecule has 1 aromatic carbocycles. The Kier molecular flexibility index (Phi) is 6.09. The second-order valence-electron chi connectivity index (χ2n) is 5.39. The van der Waals surface area contributed by atoms with E-state index in [9.17, 15) is 9.59 Å². The summed E-state index contributed by atoms with van der Waals surface area (Å²) in [7, 11) is 4.55. The maximum Gasteiger partial charge on any atom is 0.271 e. The fourth-order valence-electron chi connectivity index (χ4n) is 2.54. The molecule has 0 spiro atoms. The lowest BCUT2D eigenvalue weighted by Gasteiger charge is -2.23. The molecule has 2 amide bonds. The second kappa shape index (κ2) is 8.07. The number of nitrogens with zero attached hydrogens (tertiary/aromatic N) is 1. The van der Waals surface area contributed by atoms with Gasteiger partial charge in [-0.1, -0.05) is 17.7 Å². The molecule has 1 aromatic rings. The van der Waals surface area contributed by atoms with Crippen molar-refractivity contribution in [3.05, 3.63) is 34.4 Å². The fourth-order valence-corrected chi connectivity index (χ4v) is 2.75. The van der Waals surface area contributed by atoms with Crippen molar-refractivity contribution >= 4 is 29.5 Å². The maximum atomic E-state index is 12.6. The van der Waals surface area contributed by atoms with Crippen LogP contribution < -0.4 is 14.2 Å². The Morgan fingerprint density at radius 2 is 1.76 bits per heavy atom. The van der Waals surface area contributed by atoms with E-state index in [1.54, 1.807) is 31.2 Å². The first kappa shape index (κ1) is 18.9. The van der Waals surface area contributed by atoms with Gasteiger partial charge in [0.1, 0.15) is 5.03 Å². The summed E-state index contributed by atoms with van der Waals surface area (Å²) in [5.41, 5.74) is 1.08. The first-order valence-electron chi connectivity index (χ1n) is 7.63. The highest BCUT2D eigenvalue weighted by molar-refractivity contribution is 6.43. The van der Waals surface area contributed by atoms with Crippen molar-refractivity contribution in [2.24, 2.45) is 0 Å². The lowest BCUT2D eigenvalue weighted by molar-refractivity contribution is -0.139. The van der Waals surface area contributed by atoms with Crippen LogP contribution >= 0.6 is 11.6 Å². The van der Waals surface area contributed by atoms with Crippen LogP contribution in [0.4, 0.5) is 0 Å². The molecule has 0 saturated carbocycles. The van der Waals surface area contributed by atoms with Crippen LogP contribution in [0, 0.1) is 0 Å². The van der Waals surface area contributed by atoms with Gasteiger partial charge in [-0.05, 0) is 37.1 Å². The van der Waals surface area contributed by atoms with E-state index in [4.69, 9.17) is 25.8 Å². The number of hydrogen-bond donors (Lipinski definition) is 0. The highest BCUT2D eigenvalue weighted by Gasteiger charge is 2.27. The summed E-state index contributed by atoms with van der Waals surface area (Å²) in [6.07, 6.45) is 3.83. The van der Waals surface area contributed by atoms with E-state index in [1.807, 2.05) is 0 Å². The Balaban J connectivity index is 2.34. The number of rotatable bonds is 5. The van der Waals surface area contributed by atoms with Gasteiger partial charge < -0.3 is 14.2 Å². The zero-order valence-electron chi connectivity index (χ0n) is 14.6. The average Bonchev–Trinajstić information content (AvgIpc) is 2.62. The van der Waals surface area contributed by atoms with Crippen LogP contribution in [-0.4, -0.2) is 44.6 Å². The Morgan fingerprint density at radius 3 is 2.28 bits per heavy atom. The largest absolute Gasteiger partial charge is 0.493 e.